The Hall–Kier alpha value is -1.00. The molecule has 0 unspecified atom stereocenters. The highest BCUT2D eigenvalue weighted by atomic mass is 32.2. The number of esters is 1. The van der Waals surface area contributed by atoms with E-state index in [1.54, 1.807) is 6.07 Å². The van der Waals surface area contributed by atoms with E-state index in [1.165, 1.54) is 11.9 Å². The Kier molecular flexibility index (Phi) is 6.74. The first-order chi connectivity index (χ1) is 8.29. The predicted molar refractivity (Wildman–Crippen MR) is 71.2 cm³/mol. The number of rotatable bonds is 7. The van der Waals surface area contributed by atoms with Gasteiger partial charge in [0, 0.05) is 11.4 Å². The lowest BCUT2D eigenvalue weighted by Gasteiger charge is -2.08. The monoisotopic (exact) mass is 253 g/mol. The van der Waals surface area contributed by atoms with Gasteiger partial charge >= 0.3 is 5.97 Å². The van der Waals surface area contributed by atoms with Gasteiger partial charge in [0.15, 0.2) is 0 Å². The summed E-state index contributed by atoms with van der Waals surface area (Å²) >= 11 is 1.49. The average Bonchev–Trinajstić information content (AvgIpc) is 2.35. The minimum absolute atomic E-state index is 0.257. The van der Waals surface area contributed by atoms with Crippen molar-refractivity contribution in [2.45, 2.75) is 31.6 Å². The summed E-state index contributed by atoms with van der Waals surface area (Å²) in [6, 6.07) is 7.49. The molecule has 0 amide bonds. The van der Waals surface area contributed by atoms with Gasteiger partial charge in [-0.1, -0.05) is 25.5 Å². The fraction of sp³-hybridized carbons (Fsp3) is 0.462. The van der Waals surface area contributed by atoms with Crippen LogP contribution in [0.15, 0.2) is 29.2 Å². The van der Waals surface area contributed by atoms with Gasteiger partial charge in [0.1, 0.15) is 0 Å². The first kappa shape index (κ1) is 14.1. The smallest absolute Gasteiger partial charge is 0.339 e. The molecule has 4 heteroatoms. The normalized spacial score (nSPS) is 10.2. The zero-order chi connectivity index (χ0) is 12.5. The maximum absolute atomic E-state index is 11.7. The summed E-state index contributed by atoms with van der Waals surface area (Å²) in [5, 5.41) is 0. The van der Waals surface area contributed by atoms with Gasteiger partial charge in [-0.15, -0.1) is 0 Å². The van der Waals surface area contributed by atoms with Crippen LogP contribution in [-0.4, -0.2) is 19.1 Å². The van der Waals surface area contributed by atoms with Crippen molar-refractivity contribution < 1.29 is 9.53 Å². The van der Waals surface area contributed by atoms with E-state index in [1.807, 2.05) is 25.1 Å². The van der Waals surface area contributed by atoms with Gasteiger partial charge in [0.2, 0.25) is 0 Å². The number of carbonyl (C=O) groups excluding carboxylic acids is 1. The van der Waals surface area contributed by atoms with Crippen LogP contribution in [0.4, 0.5) is 0 Å². The number of carbonyl (C=O) groups is 1. The largest absolute Gasteiger partial charge is 0.462 e. The first-order valence-electron chi connectivity index (χ1n) is 5.95. The Labute approximate surface area is 107 Å². The van der Waals surface area contributed by atoms with E-state index in [0.29, 0.717) is 12.2 Å². The van der Waals surface area contributed by atoms with Crippen molar-refractivity contribution in [1.82, 2.24) is 4.72 Å². The van der Waals surface area contributed by atoms with Gasteiger partial charge in [0.05, 0.1) is 12.2 Å². The SMILES string of the molecule is CCCCNSc1ccccc1C(=O)OCC. The zero-order valence-electron chi connectivity index (χ0n) is 10.4. The summed E-state index contributed by atoms with van der Waals surface area (Å²) in [6.07, 6.45) is 2.29. The van der Waals surface area contributed by atoms with Crippen molar-refractivity contribution in [3.8, 4) is 0 Å². The first-order valence-corrected chi connectivity index (χ1v) is 6.77. The summed E-state index contributed by atoms with van der Waals surface area (Å²) in [4.78, 5) is 12.6. The van der Waals surface area contributed by atoms with Crippen molar-refractivity contribution in [3.05, 3.63) is 29.8 Å². The van der Waals surface area contributed by atoms with Crippen LogP contribution in [-0.2, 0) is 4.74 Å². The molecule has 1 rings (SSSR count). The van der Waals surface area contributed by atoms with Crippen LogP contribution in [0.3, 0.4) is 0 Å². The van der Waals surface area contributed by atoms with Crippen LogP contribution >= 0.6 is 11.9 Å². The Morgan fingerprint density at radius 3 is 2.82 bits per heavy atom. The highest BCUT2D eigenvalue weighted by Gasteiger charge is 2.11. The van der Waals surface area contributed by atoms with Crippen molar-refractivity contribution in [2.75, 3.05) is 13.2 Å². The van der Waals surface area contributed by atoms with Crippen molar-refractivity contribution >= 4 is 17.9 Å². The van der Waals surface area contributed by atoms with Crippen LogP contribution in [0.25, 0.3) is 0 Å². The second-order valence-corrected chi connectivity index (χ2v) is 4.50. The van der Waals surface area contributed by atoms with E-state index in [0.717, 1.165) is 24.3 Å². The maximum atomic E-state index is 11.7. The van der Waals surface area contributed by atoms with E-state index in [4.69, 9.17) is 4.74 Å². The molecule has 0 saturated heterocycles. The molecular formula is C13H19NO2S. The summed E-state index contributed by atoms with van der Waals surface area (Å²) in [5.41, 5.74) is 0.628. The third-order valence-electron chi connectivity index (χ3n) is 2.20. The quantitative estimate of drug-likeness (QED) is 0.460. The summed E-state index contributed by atoms with van der Waals surface area (Å²) in [7, 11) is 0. The molecule has 0 spiro atoms. The number of benzene rings is 1. The van der Waals surface area contributed by atoms with Crippen molar-refractivity contribution in [3.63, 3.8) is 0 Å². The molecule has 0 radical (unpaired) electrons. The summed E-state index contributed by atoms with van der Waals surface area (Å²) < 4.78 is 8.26. The fourth-order valence-electron chi connectivity index (χ4n) is 1.31. The molecule has 0 aliphatic carbocycles. The van der Waals surface area contributed by atoms with Gasteiger partial charge in [0.25, 0.3) is 0 Å². The van der Waals surface area contributed by atoms with Gasteiger partial charge in [-0.2, -0.15) is 0 Å². The third kappa shape index (κ3) is 4.79. The second kappa shape index (κ2) is 8.14. The molecule has 1 N–H and O–H groups in total. The lowest BCUT2D eigenvalue weighted by molar-refractivity contribution is 0.0522. The van der Waals surface area contributed by atoms with E-state index < -0.39 is 0 Å². The second-order valence-electron chi connectivity index (χ2n) is 3.57. The molecule has 94 valence electrons. The Balaban J connectivity index is 2.61. The van der Waals surface area contributed by atoms with Crippen LogP contribution in [0.2, 0.25) is 0 Å². The van der Waals surface area contributed by atoms with E-state index in [9.17, 15) is 4.79 Å². The predicted octanol–water partition coefficient (Wildman–Crippen LogP) is 3.26. The van der Waals surface area contributed by atoms with Crippen LogP contribution in [0.1, 0.15) is 37.0 Å². The molecule has 0 aliphatic rings. The highest BCUT2D eigenvalue weighted by Crippen LogP contribution is 2.20. The van der Waals surface area contributed by atoms with Gasteiger partial charge in [-0.25, -0.2) is 4.79 Å². The number of hydrogen-bond acceptors (Lipinski definition) is 4. The fourth-order valence-corrected chi connectivity index (χ4v) is 2.12. The highest BCUT2D eigenvalue weighted by molar-refractivity contribution is 7.97. The summed E-state index contributed by atoms with van der Waals surface area (Å²) in [5.74, 6) is -0.257. The lowest BCUT2D eigenvalue weighted by atomic mass is 10.2. The molecular weight excluding hydrogens is 234 g/mol. The Morgan fingerprint density at radius 1 is 1.35 bits per heavy atom. The molecule has 0 fully saturated rings. The third-order valence-corrected chi connectivity index (χ3v) is 3.12. The molecule has 1 aromatic rings. The number of hydrogen-bond donors (Lipinski definition) is 1. The molecule has 17 heavy (non-hydrogen) atoms. The van der Waals surface area contributed by atoms with Crippen molar-refractivity contribution in [1.29, 1.82) is 0 Å². The Morgan fingerprint density at radius 2 is 2.12 bits per heavy atom. The van der Waals surface area contributed by atoms with Crippen LogP contribution in [0, 0.1) is 0 Å². The molecule has 0 atom stereocenters. The molecule has 0 saturated carbocycles. The number of nitrogens with one attached hydrogen (secondary N) is 1. The van der Waals surface area contributed by atoms with E-state index >= 15 is 0 Å². The topological polar surface area (TPSA) is 38.3 Å². The van der Waals surface area contributed by atoms with Gasteiger partial charge < -0.3 is 4.74 Å². The van der Waals surface area contributed by atoms with E-state index in [-0.39, 0.29) is 5.97 Å². The molecule has 1 aromatic carbocycles. The summed E-state index contributed by atoms with van der Waals surface area (Å²) in [6.45, 7) is 5.31. The van der Waals surface area contributed by atoms with E-state index in [2.05, 4.69) is 11.6 Å². The molecule has 0 aliphatic heterocycles. The Bertz CT molecular complexity index is 355. The minimum atomic E-state index is -0.257. The zero-order valence-corrected chi connectivity index (χ0v) is 11.2. The van der Waals surface area contributed by atoms with Crippen LogP contribution in [0.5, 0.6) is 0 Å². The average molecular weight is 253 g/mol. The minimum Gasteiger partial charge on any atom is -0.462 e. The van der Waals surface area contributed by atoms with Gasteiger partial charge in [-0.05, 0) is 37.4 Å². The number of ether oxygens (including phenoxy) is 1. The number of unbranched alkanes of at least 4 members (excludes halogenated alkanes) is 1. The molecule has 0 heterocycles. The molecule has 3 nitrogen and oxygen atoms in total. The lowest BCUT2D eigenvalue weighted by Crippen LogP contribution is -2.09. The standard InChI is InChI=1S/C13H19NO2S/c1-3-5-10-14-17-12-9-7-6-8-11(12)13(15)16-4-2/h6-9,14H,3-5,10H2,1-2H3. The van der Waals surface area contributed by atoms with Crippen LogP contribution < -0.4 is 4.72 Å². The molecule has 0 bridgehead atoms. The van der Waals surface area contributed by atoms with Crippen molar-refractivity contribution in [2.24, 2.45) is 0 Å². The molecule has 0 aromatic heterocycles. The van der Waals surface area contributed by atoms with Gasteiger partial charge in [-0.3, -0.25) is 4.72 Å². The maximum Gasteiger partial charge on any atom is 0.339 e.